The summed E-state index contributed by atoms with van der Waals surface area (Å²) in [6.07, 6.45) is 3.76. The van der Waals surface area contributed by atoms with Crippen molar-refractivity contribution < 1.29 is 28.5 Å². The Hall–Kier alpha value is -4.46. The molecule has 0 saturated heterocycles. The van der Waals surface area contributed by atoms with Crippen molar-refractivity contribution in [2.75, 3.05) is 44.2 Å². The molecule has 1 heterocycles. The van der Waals surface area contributed by atoms with Crippen molar-refractivity contribution in [3.8, 4) is 23.0 Å². The van der Waals surface area contributed by atoms with E-state index >= 15 is 0 Å². The molecule has 4 rings (SSSR count). The molecule has 1 aliphatic heterocycles. The number of carbonyl (C=O) groups is 2. The van der Waals surface area contributed by atoms with Crippen molar-refractivity contribution >= 4 is 29.3 Å². The summed E-state index contributed by atoms with van der Waals surface area (Å²) in [6, 6.07) is 18.5. The van der Waals surface area contributed by atoms with E-state index in [0.717, 1.165) is 16.9 Å². The smallest absolute Gasteiger partial charge is 0.265 e. The molecule has 0 spiro atoms. The normalized spacial score (nSPS) is 12.6. The van der Waals surface area contributed by atoms with Gasteiger partial charge in [0.2, 0.25) is 5.91 Å². The first kappa shape index (κ1) is 25.6. The fourth-order valence-corrected chi connectivity index (χ4v) is 3.96. The summed E-state index contributed by atoms with van der Waals surface area (Å²) >= 11 is 0. The first-order chi connectivity index (χ1) is 18.0. The number of anilines is 2. The van der Waals surface area contributed by atoms with Gasteiger partial charge in [0, 0.05) is 18.3 Å². The van der Waals surface area contributed by atoms with Crippen molar-refractivity contribution in [1.29, 1.82) is 0 Å². The molecule has 1 aliphatic rings. The topological polar surface area (TPSA) is 86.3 Å². The van der Waals surface area contributed by atoms with Gasteiger partial charge in [0.15, 0.2) is 18.1 Å². The van der Waals surface area contributed by atoms with Crippen LogP contribution in [0.3, 0.4) is 0 Å². The van der Waals surface area contributed by atoms with Crippen LogP contribution in [-0.2, 0) is 9.59 Å². The number of aryl methyl sites for hydroxylation is 1. The number of nitrogens with zero attached hydrogens (tertiary/aromatic N) is 1. The molecule has 0 saturated carbocycles. The Bertz CT molecular complexity index is 1300. The summed E-state index contributed by atoms with van der Waals surface area (Å²) in [5.41, 5.74) is 3.09. The Balaban J connectivity index is 1.38. The number of hydrogen-bond acceptors (Lipinski definition) is 6. The summed E-state index contributed by atoms with van der Waals surface area (Å²) in [5, 5.41) is 2.84. The standard InChI is InChI=1S/C29H30N2O6/c1-20-6-4-7-23(16-20)36-15-5-14-31-24-18-22(10-12-25(24)37-19-29(31)33)30-28(32)13-9-21-8-11-26(34-2)27(17-21)35-3/h4,6-13,16-18H,5,14-15,19H2,1-3H3,(H,30,32)/b13-9+. The van der Waals surface area contributed by atoms with Crippen LogP contribution in [0.1, 0.15) is 17.5 Å². The predicted molar refractivity (Wildman–Crippen MR) is 143 cm³/mol. The third kappa shape index (κ3) is 6.61. The second-order valence-electron chi connectivity index (χ2n) is 8.47. The number of nitrogens with one attached hydrogen (secondary N) is 1. The molecule has 8 nitrogen and oxygen atoms in total. The molecule has 3 aromatic carbocycles. The molecule has 3 aromatic rings. The summed E-state index contributed by atoms with van der Waals surface area (Å²) in [7, 11) is 3.13. The average molecular weight is 503 g/mol. The van der Waals surface area contributed by atoms with E-state index in [9.17, 15) is 9.59 Å². The van der Waals surface area contributed by atoms with Gasteiger partial charge in [0.05, 0.1) is 26.5 Å². The average Bonchev–Trinajstić information content (AvgIpc) is 2.90. The SMILES string of the molecule is COc1ccc(/C=C/C(=O)Nc2ccc3c(c2)N(CCCOc2cccc(C)c2)C(=O)CO3)cc1OC. The van der Waals surface area contributed by atoms with E-state index in [2.05, 4.69) is 5.32 Å². The third-order valence-electron chi connectivity index (χ3n) is 5.79. The highest BCUT2D eigenvalue weighted by atomic mass is 16.5. The molecule has 0 fully saturated rings. The van der Waals surface area contributed by atoms with Gasteiger partial charge in [0.1, 0.15) is 11.5 Å². The Morgan fingerprint density at radius 1 is 1.05 bits per heavy atom. The molecule has 192 valence electrons. The molecule has 8 heteroatoms. The van der Waals surface area contributed by atoms with Crippen LogP contribution in [0.15, 0.2) is 66.7 Å². The van der Waals surface area contributed by atoms with Crippen LogP contribution in [-0.4, -0.2) is 45.8 Å². The highest BCUT2D eigenvalue weighted by molar-refractivity contribution is 6.03. The molecule has 0 bridgehead atoms. The summed E-state index contributed by atoms with van der Waals surface area (Å²) in [6.45, 7) is 2.93. The van der Waals surface area contributed by atoms with Gasteiger partial charge in [-0.15, -0.1) is 0 Å². The Kier molecular flexibility index (Phi) is 8.30. The fraction of sp³-hybridized carbons (Fsp3) is 0.241. The molecule has 1 N–H and O–H groups in total. The number of rotatable bonds is 10. The zero-order valence-corrected chi connectivity index (χ0v) is 21.2. The van der Waals surface area contributed by atoms with Crippen LogP contribution in [0.25, 0.3) is 6.08 Å². The molecule has 0 aromatic heterocycles. The Morgan fingerprint density at radius 3 is 2.68 bits per heavy atom. The number of carbonyl (C=O) groups excluding carboxylic acids is 2. The number of ether oxygens (including phenoxy) is 4. The van der Waals surface area contributed by atoms with E-state index in [4.69, 9.17) is 18.9 Å². The largest absolute Gasteiger partial charge is 0.494 e. The first-order valence-corrected chi connectivity index (χ1v) is 11.9. The molecular weight excluding hydrogens is 472 g/mol. The van der Waals surface area contributed by atoms with Crippen LogP contribution >= 0.6 is 0 Å². The minimum atomic E-state index is -0.309. The lowest BCUT2D eigenvalue weighted by molar-refractivity contribution is -0.121. The Labute approximate surface area is 216 Å². The highest BCUT2D eigenvalue weighted by Gasteiger charge is 2.25. The van der Waals surface area contributed by atoms with Crippen molar-refractivity contribution in [3.63, 3.8) is 0 Å². The second kappa shape index (κ2) is 12.0. The zero-order chi connectivity index (χ0) is 26.2. The first-order valence-electron chi connectivity index (χ1n) is 11.9. The van der Waals surface area contributed by atoms with Crippen molar-refractivity contribution in [3.05, 3.63) is 77.9 Å². The lowest BCUT2D eigenvalue weighted by Gasteiger charge is -2.29. The minimum absolute atomic E-state index is 0.0223. The number of fused-ring (bicyclic) bond motifs is 1. The lowest BCUT2D eigenvalue weighted by atomic mass is 10.1. The maximum atomic E-state index is 12.6. The van der Waals surface area contributed by atoms with Crippen molar-refractivity contribution in [1.82, 2.24) is 0 Å². The van der Waals surface area contributed by atoms with Gasteiger partial charge < -0.3 is 29.2 Å². The summed E-state index contributed by atoms with van der Waals surface area (Å²) in [5.74, 6) is 2.14. The van der Waals surface area contributed by atoms with Gasteiger partial charge in [-0.2, -0.15) is 0 Å². The fourth-order valence-electron chi connectivity index (χ4n) is 3.96. The van der Waals surface area contributed by atoms with Gasteiger partial charge in [0.25, 0.3) is 5.91 Å². The molecule has 0 atom stereocenters. The molecule has 0 radical (unpaired) electrons. The maximum Gasteiger partial charge on any atom is 0.265 e. The second-order valence-corrected chi connectivity index (χ2v) is 8.47. The van der Waals surface area contributed by atoms with Crippen LogP contribution in [0.4, 0.5) is 11.4 Å². The van der Waals surface area contributed by atoms with E-state index in [-0.39, 0.29) is 18.4 Å². The molecule has 2 amide bonds. The molecular formula is C29H30N2O6. The van der Waals surface area contributed by atoms with E-state index in [1.165, 1.54) is 6.08 Å². The monoisotopic (exact) mass is 502 g/mol. The quantitative estimate of drug-likeness (QED) is 0.315. The highest BCUT2D eigenvalue weighted by Crippen LogP contribution is 2.35. The molecule has 0 unspecified atom stereocenters. The van der Waals surface area contributed by atoms with Gasteiger partial charge in [-0.1, -0.05) is 18.2 Å². The van der Waals surface area contributed by atoms with Crippen LogP contribution in [0, 0.1) is 6.92 Å². The Morgan fingerprint density at radius 2 is 1.89 bits per heavy atom. The van der Waals surface area contributed by atoms with E-state index in [1.807, 2.05) is 37.3 Å². The van der Waals surface area contributed by atoms with Gasteiger partial charge in [-0.3, -0.25) is 9.59 Å². The van der Waals surface area contributed by atoms with Crippen molar-refractivity contribution in [2.24, 2.45) is 0 Å². The van der Waals surface area contributed by atoms with Crippen LogP contribution in [0.5, 0.6) is 23.0 Å². The number of benzene rings is 3. The van der Waals surface area contributed by atoms with Crippen LogP contribution in [0.2, 0.25) is 0 Å². The van der Waals surface area contributed by atoms with E-state index < -0.39 is 0 Å². The number of methoxy groups -OCH3 is 2. The van der Waals surface area contributed by atoms with Crippen molar-refractivity contribution in [2.45, 2.75) is 13.3 Å². The van der Waals surface area contributed by atoms with Gasteiger partial charge in [-0.05, 0) is 73.0 Å². The van der Waals surface area contributed by atoms with Gasteiger partial charge >= 0.3 is 0 Å². The molecule has 37 heavy (non-hydrogen) atoms. The van der Waals surface area contributed by atoms with Crippen LogP contribution < -0.4 is 29.2 Å². The van der Waals surface area contributed by atoms with Gasteiger partial charge in [-0.25, -0.2) is 0 Å². The van der Waals surface area contributed by atoms with E-state index in [0.29, 0.717) is 48.2 Å². The maximum absolute atomic E-state index is 12.6. The number of amides is 2. The zero-order valence-electron chi connectivity index (χ0n) is 21.2. The summed E-state index contributed by atoms with van der Waals surface area (Å²) in [4.78, 5) is 26.8. The van der Waals surface area contributed by atoms with E-state index in [1.54, 1.807) is 55.5 Å². The minimum Gasteiger partial charge on any atom is -0.494 e. The predicted octanol–water partition coefficient (Wildman–Crippen LogP) is 4.86. The molecule has 0 aliphatic carbocycles. The summed E-state index contributed by atoms with van der Waals surface area (Å²) < 4.78 is 22.0. The number of hydrogen-bond donors (Lipinski definition) is 1. The lowest BCUT2D eigenvalue weighted by Crippen LogP contribution is -2.39. The third-order valence-corrected chi connectivity index (χ3v) is 5.79.